The molecule has 0 saturated carbocycles. The summed E-state index contributed by atoms with van der Waals surface area (Å²) in [6.45, 7) is 3.51. The van der Waals surface area contributed by atoms with Gasteiger partial charge in [-0.05, 0) is 60.7 Å². The number of phenolic OH excluding ortho intramolecular Hbond substituents is 1. The monoisotopic (exact) mass is 283 g/mol. The number of aryl methyl sites for hydroxylation is 1. The highest BCUT2D eigenvalue weighted by Crippen LogP contribution is 2.33. The largest absolute Gasteiger partial charge is 0.508 e. The van der Waals surface area contributed by atoms with E-state index in [1.807, 2.05) is 31.2 Å². The highest BCUT2D eigenvalue weighted by Gasteiger charge is 2.22. The van der Waals surface area contributed by atoms with Crippen LogP contribution in [0, 0.1) is 0 Å². The van der Waals surface area contributed by atoms with Crippen LogP contribution in [0.5, 0.6) is 11.5 Å². The number of aromatic hydroxyl groups is 1. The molecule has 2 aromatic rings. The van der Waals surface area contributed by atoms with Crippen molar-refractivity contribution in [2.75, 3.05) is 6.61 Å². The quantitative estimate of drug-likeness (QED) is 0.881. The minimum absolute atomic E-state index is 0.360. The van der Waals surface area contributed by atoms with Gasteiger partial charge in [-0.15, -0.1) is 0 Å². The molecule has 0 aliphatic heterocycles. The van der Waals surface area contributed by atoms with E-state index in [0.717, 1.165) is 25.1 Å². The zero-order valence-electron chi connectivity index (χ0n) is 12.3. The van der Waals surface area contributed by atoms with Crippen molar-refractivity contribution in [2.45, 2.75) is 32.4 Å². The molecule has 110 valence electrons. The third-order valence-electron chi connectivity index (χ3n) is 3.97. The average molecular weight is 283 g/mol. The molecule has 3 nitrogen and oxygen atoms in total. The Morgan fingerprint density at radius 3 is 3.00 bits per heavy atom. The molecular formula is C18H21NO2. The van der Waals surface area contributed by atoms with E-state index in [1.54, 1.807) is 6.07 Å². The fourth-order valence-electron chi connectivity index (χ4n) is 2.97. The van der Waals surface area contributed by atoms with Crippen LogP contribution >= 0.6 is 0 Å². The number of phenols is 1. The summed E-state index contributed by atoms with van der Waals surface area (Å²) in [5.74, 6) is 1.28. The van der Waals surface area contributed by atoms with E-state index >= 15 is 0 Å². The van der Waals surface area contributed by atoms with Gasteiger partial charge in [0.25, 0.3) is 0 Å². The first-order chi connectivity index (χ1) is 10.3. The summed E-state index contributed by atoms with van der Waals surface area (Å²) in [5.41, 5.74) is 3.80. The molecule has 1 unspecified atom stereocenters. The van der Waals surface area contributed by atoms with E-state index < -0.39 is 0 Å². The van der Waals surface area contributed by atoms with Crippen LogP contribution in [0.4, 0.5) is 0 Å². The summed E-state index contributed by atoms with van der Waals surface area (Å²) in [6, 6.07) is 14.3. The number of ether oxygens (including phenoxy) is 1. The number of nitrogens with one attached hydrogen (secondary N) is 1. The van der Waals surface area contributed by atoms with E-state index in [-0.39, 0.29) is 0 Å². The van der Waals surface area contributed by atoms with E-state index in [9.17, 15) is 5.11 Å². The molecule has 1 aliphatic carbocycles. The number of rotatable bonds is 5. The molecule has 3 heteroatoms. The molecule has 0 bridgehead atoms. The second-order valence-corrected chi connectivity index (χ2v) is 5.44. The summed E-state index contributed by atoms with van der Waals surface area (Å²) in [6.07, 6.45) is 2.12. The standard InChI is InChI=1S/C18H21NO2/c1-2-21-16-5-3-4-13(10-16)12-19-18-9-6-14-11-15(20)7-8-17(14)18/h3-5,7-8,10-11,18-20H,2,6,9,12H2,1H3. The first kappa shape index (κ1) is 14.0. The Balaban J connectivity index is 1.65. The topological polar surface area (TPSA) is 41.5 Å². The van der Waals surface area contributed by atoms with Crippen LogP contribution in [0.25, 0.3) is 0 Å². The van der Waals surface area contributed by atoms with E-state index in [1.165, 1.54) is 16.7 Å². The highest BCUT2D eigenvalue weighted by molar-refractivity contribution is 5.40. The summed E-state index contributed by atoms with van der Waals surface area (Å²) < 4.78 is 5.53. The van der Waals surface area contributed by atoms with Gasteiger partial charge in [-0.3, -0.25) is 0 Å². The Morgan fingerprint density at radius 1 is 1.24 bits per heavy atom. The summed E-state index contributed by atoms with van der Waals surface area (Å²) in [7, 11) is 0. The molecule has 0 fully saturated rings. The predicted molar refractivity (Wildman–Crippen MR) is 83.6 cm³/mol. The molecule has 3 rings (SSSR count). The second-order valence-electron chi connectivity index (χ2n) is 5.44. The molecule has 2 aromatic carbocycles. The first-order valence-electron chi connectivity index (χ1n) is 7.53. The molecule has 2 N–H and O–H groups in total. The Bertz CT molecular complexity index is 624. The van der Waals surface area contributed by atoms with E-state index in [0.29, 0.717) is 18.4 Å². The van der Waals surface area contributed by atoms with Gasteiger partial charge in [-0.2, -0.15) is 0 Å². The van der Waals surface area contributed by atoms with Crippen LogP contribution in [0.1, 0.15) is 36.1 Å². The Hall–Kier alpha value is -2.00. The minimum Gasteiger partial charge on any atom is -0.508 e. The highest BCUT2D eigenvalue weighted by atomic mass is 16.5. The number of benzene rings is 2. The molecule has 0 saturated heterocycles. The number of hydrogen-bond donors (Lipinski definition) is 2. The van der Waals surface area contributed by atoms with Crippen molar-refractivity contribution in [3.05, 3.63) is 59.2 Å². The summed E-state index contributed by atoms with van der Waals surface area (Å²) in [5, 5.41) is 13.1. The van der Waals surface area contributed by atoms with Crippen molar-refractivity contribution in [1.29, 1.82) is 0 Å². The molecular weight excluding hydrogens is 262 g/mol. The Kier molecular flexibility index (Phi) is 4.11. The second kappa shape index (κ2) is 6.19. The van der Waals surface area contributed by atoms with Crippen molar-refractivity contribution in [2.24, 2.45) is 0 Å². The third-order valence-corrected chi connectivity index (χ3v) is 3.97. The van der Waals surface area contributed by atoms with Crippen molar-refractivity contribution in [3.63, 3.8) is 0 Å². The van der Waals surface area contributed by atoms with Gasteiger partial charge in [0.05, 0.1) is 6.61 Å². The van der Waals surface area contributed by atoms with Gasteiger partial charge < -0.3 is 15.2 Å². The summed E-state index contributed by atoms with van der Waals surface area (Å²) >= 11 is 0. The molecule has 0 amide bonds. The molecule has 0 radical (unpaired) electrons. The zero-order chi connectivity index (χ0) is 14.7. The van der Waals surface area contributed by atoms with Gasteiger partial charge in [0.15, 0.2) is 0 Å². The van der Waals surface area contributed by atoms with Gasteiger partial charge in [-0.25, -0.2) is 0 Å². The van der Waals surface area contributed by atoms with Gasteiger partial charge in [-0.1, -0.05) is 18.2 Å². The number of hydrogen-bond acceptors (Lipinski definition) is 3. The molecule has 21 heavy (non-hydrogen) atoms. The fraction of sp³-hybridized carbons (Fsp3) is 0.333. The molecule has 0 heterocycles. The lowest BCUT2D eigenvalue weighted by atomic mass is 10.1. The van der Waals surface area contributed by atoms with E-state index in [2.05, 4.69) is 17.4 Å². The predicted octanol–water partition coefficient (Wildman–Crippen LogP) is 3.57. The van der Waals surface area contributed by atoms with E-state index in [4.69, 9.17) is 4.74 Å². The smallest absolute Gasteiger partial charge is 0.119 e. The third kappa shape index (κ3) is 3.19. The maximum absolute atomic E-state index is 9.54. The fourth-order valence-corrected chi connectivity index (χ4v) is 2.97. The van der Waals surface area contributed by atoms with Crippen LogP contribution in [-0.4, -0.2) is 11.7 Å². The van der Waals surface area contributed by atoms with Gasteiger partial charge in [0, 0.05) is 12.6 Å². The molecule has 1 atom stereocenters. The van der Waals surface area contributed by atoms with Gasteiger partial charge in [0.1, 0.15) is 11.5 Å². The van der Waals surface area contributed by atoms with Crippen LogP contribution in [-0.2, 0) is 13.0 Å². The van der Waals surface area contributed by atoms with Crippen molar-refractivity contribution >= 4 is 0 Å². The lowest BCUT2D eigenvalue weighted by molar-refractivity contribution is 0.339. The van der Waals surface area contributed by atoms with Crippen LogP contribution in [0.2, 0.25) is 0 Å². The van der Waals surface area contributed by atoms with Crippen molar-refractivity contribution in [1.82, 2.24) is 5.32 Å². The van der Waals surface area contributed by atoms with Crippen molar-refractivity contribution < 1.29 is 9.84 Å². The maximum atomic E-state index is 9.54. The van der Waals surface area contributed by atoms with Crippen molar-refractivity contribution in [3.8, 4) is 11.5 Å². The van der Waals surface area contributed by atoms with Gasteiger partial charge in [0.2, 0.25) is 0 Å². The molecule has 0 spiro atoms. The lowest BCUT2D eigenvalue weighted by Gasteiger charge is -2.15. The van der Waals surface area contributed by atoms with Crippen LogP contribution < -0.4 is 10.1 Å². The SMILES string of the molecule is CCOc1cccc(CNC2CCc3cc(O)ccc32)c1. The normalized spacial score (nSPS) is 16.7. The van der Waals surface area contributed by atoms with Gasteiger partial charge >= 0.3 is 0 Å². The maximum Gasteiger partial charge on any atom is 0.119 e. The van der Waals surface area contributed by atoms with Crippen LogP contribution in [0.3, 0.4) is 0 Å². The Labute approximate surface area is 125 Å². The lowest BCUT2D eigenvalue weighted by Crippen LogP contribution is -2.18. The van der Waals surface area contributed by atoms with Crippen LogP contribution in [0.15, 0.2) is 42.5 Å². The molecule has 0 aromatic heterocycles. The minimum atomic E-state index is 0.360. The number of fused-ring (bicyclic) bond motifs is 1. The zero-order valence-corrected chi connectivity index (χ0v) is 12.3. The average Bonchev–Trinajstić information content (AvgIpc) is 2.88. The Morgan fingerprint density at radius 2 is 2.14 bits per heavy atom. The first-order valence-corrected chi connectivity index (χ1v) is 7.53. The summed E-state index contributed by atoms with van der Waals surface area (Å²) in [4.78, 5) is 0. The molecule has 1 aliphatic rings.